The Morgan fingerprint density at radius 3 is 2.10 bits per heavy atom. The minimum Gasteiger partial charge on any atom is -0.477 e. The monoisotopic (exact) mass is 526 g/mol. The minimum absolute atomic E-state index is 0.0819. The highest BCUT2D eigenvalue weighted by atomic mass is 35.5. The normalized spacial score (nSPS) is 13.8. The average Bonchev–Trinajstić information content (AvgIpc) is 2.61. The second-order valence-corrected chi connectivity index (χ2v) is 10.7. The van der Waals surface area contributed by atoms with Crippen LogP contribution in [0.15, 0.2) is 6.07 Å². The van der Waals surface area contributed by atoms with Gasteiger partial charge in [-0.15, -0.1) is 0 Å². The molecule has 0 saturated carbocycles. The summed E-state index contributed by atoms with van der Waals surface area (Å²) in [5.74, 6) is -2.14. The van der Waals surface area contributed by atoms with Crippen molar-refractivity contribution < 1.29 is 39.5 Å². The Kier molecular flexibility index (Phi) is 7.07. The van der Waals surface area contributed by atoms with E-state index < -0.39 is 48.0 Å². The first-order valence-corrected chi connectivity index (χ1v) is 12.1. The highest BCUT2D eigenvalue weighted by molar-refractivity contribution is 7.93. The highest BCUT2D eigenvalue weighted by Gasteiger charge is 2.48. The third kappa shape index (κ3) is 5.00. The molecular weight excluding hydrogens is 512 g/mol. The predicted molar refractivity (Wildman–Crippen MR) is 108 cm³/mol. The van der Waals surface area contributed by atoms with Crippen molar-refractivity contribution in [2.75, 3.05) is 30.5 Å². The van der Waals surface area contributed by atoms with Crippen LogP contribution in [0.2, 0.25) is 10.0 Å². The quantitative estimate of drug-likeness (QED) is 0.535. The van der Waals surface area contributed by atoms with Crippen molar-refractivity contribution in [3.63, 3.8) is 0 Å². The Morgan fingerprint density at radius 1 is 1.13 bits per heavy atom. The molecule has 0 amide bonds. The zero-order valence-corrected chi connectivity index (χ0v) is 19.1. The fourth-order valence-electron chi connectivity index (χ4n) is 2.52. The first-order chi connectivity index (χ1) is 14.0. The van der Waals surface area contributed by atoms with Gasteiger partial charge >= 0.3 is 5.51 Å². The van der Waals surface area contributed by atoms with Crippen LogP contribution in [0.4, 0.5) is 18.9 Å². The number of fused-ring (bicyclic) bond motifs is 1. The Balaban J connectivity index is 2.86. The maximum Gasteiger partial charge on any atom is 0.497 e. The SMILES string of the molecule is COc1nc2cc(Cl)c(Cl)c(N(C(N)CS(=O)(=O)C(F)(F)F)S(C)(=O)=O)c2nc1OC. The van der Waals surface area contributed by atoms with E-state index in [0.717, 1.165) is 0 Å². The smallest absolute Gasteiger partial charge is 0.477 e. The Bertz CT molecular complexity index is 1230. The summed E-state index contributed by atoms with van der Waals surface area (Å²) in [5, 5.41) is -0.730. The number of sulfonamides is 1. The first-order valence-electron chi connectivity index (χ1n) is 7.87. The van der Waals surface area contributed by atoms with E-state index in [-0.39, 0.29) is 32.1 Å². The fourth-order valence-corrected chi connectivity index (χ4v) is 4.96. The number of hydrogen-bond acceptors (Lipinski definition) is 9. The molecule has 0 radical (unpaired) electrons. The molecule has 10 nitrogen and oxygen atoms in total. The summed E-state index contributed by atoms with van der Waals surface area (Å²) in [6.07, 6.45) is -1.65. The van der Waals surface area contributed by atoms with E-state index in [1.165, 1.54) is 20.3 Å². The molecule has 0 spiro atoms. The predicted octanol–water partition coefficient (Wildman–Crippen LogP) is 1.94. The van der Waals surface area contributed by atoms with Crippen LogP contribution in [0, 0.1) is 0 Å². The summed E-state index contributed by atoms with van der Waals surface area (Å²) < 4.78 is 96.7. The average molecular weight is 527 g/mol. The molecule has 17 heteroatoms. The molecule has 1 unspecified atom stereocenters. The molecule has 31 heavy (non-hydrogen) atoms. The lowest BCUT2D eigenvalue weighted by Gasteiger charge is -2.30. The molecule has 0 aliphatic carbocycles. The number of aromatic nitrogens is 2. The molecule has 1 aromatic carbocycles. The van der Waals surface area contributed by atoms with Crippen LogP contribution in [0.3, 0.4) is 0 Å². The zero-order chi connectivity index (χ0) is 23.9. The highest BCUT2D eigenvalue weighted by Crippen LogP contribution is 2.42. The van der Waals surface area contributed by atoms with Gasteiger partial charge in [0.1, 0.15) is 17.4 Å². The Labute approximate surface area is 185 Å². The molecule has 0 fully saturated rings. The molecule has 2 rings (SSSR count). The lowest BCUT2D eigenvalue weighted by molar-refractivity contribution is -0.0436. The summed E-state index contributed by atoms with van der Waals surface area (Å²) in [6.45, 7) is 0. The number of halogens is 5. The van der Waals surface area contributed by atoms with Gasteiger partial charge < -0.3 is 15.2 Å². The van der Waals surface area contributed by atoms with Gasteiger partial charge in [-0.2, -0.15) is 13.2 Å². The van der Waals surface area contributed by atoms with Gasteiger partial charge in [-0.3, -0.25) is 0 Å². The van der Waals surface area contributed by atoms with Gasteiger partial charge in [0, 0.05) is 0 Å². The topological polar surface area (TPSA) is 142 Å². The number of alkyl halides is 3. The molecule has 0 saturated heterocycles. The third-order valence-corrected chi connectivity index (χ3v) is 7.21. The van der Waals surface area contributed by atoms with E-state index >= 15 is 0 Å². The largest absolute Gasteiger partial charge is 0.497 e. The summed E-state index contributed by atoms with van der Waals surface area (Å²) in [6, 6.07) is 1.19. The number of hydrogen-bond donors (Lipinski definition) is 1. The fraction of sp³-hybridized carbons (Fsp3) is 0.429. The molecule has 2 aromatic rings. The van der Waals surface area contributed by atoms with Gasteiger partial charge in [-0.25, -0.2) is 31.1 Å². The van der Waals surface area contributed by atoms with Crippen molar-refractivity contribution in [3.05, 3.63) is 16.1 Å². The van der Waals surface area contributed by atoms with Crippen molar-refractivity contribution in [1.82, 2.24) is 9.97 Å². The number of nitrogens with zero attached hydrogens (tertiary/aromatic N) is 3. The van der Waals surface area contributed by atoms with E-state index in [2.05, 4.69) is 9.97 Å². The number of methoxy groups -OCH3 is 2. The van der Waals surface area contributed by atoms with Crippen LogP contribution in [0.1, 0.15) is 0 Å². The van der Waals surface area contributed by atoms with E-state index in [4.69, 9.17) is 38.4 Å². The van der Waals surface area contributed by atoms with Crippen molar-refractivity contribution in [3.8, 4) is 11.8 Å². The number of anilines is 1. The van der Waals surface area contributed by atoms with Gasteiger partial charge in [-0.05, 0) is 6.07 Å². The molecule has 1 aromatic heterocycles. The number of sulfone groups is 1. The number of nitrogens with two attached hydrogens (primary N) is 1. The second kappa shape index (κ2) is 8.61. The molecule has 1 heterocycles. The van der Waals surface area contributed by atoms with E-state index in [1.807, 2.05) is 0 Å². The lowest BCUT2D eigenvalue weighted by atomic mass is 10.2. The van der Waals surface area contributed by atoms with Gasteiger partial charge in [0.15, 0.2) is 0 Å². The molecule has 0 aliphatic rings. The molecule has 0 aliphatic heterocycles. The van der Waals surface area contributed by atoms with Crippen molar-refractivity contribution in [2.45, 2.75) is 11.7 Å². The van der Waals surface area contributed by atoms with Gasteiger partial charge in [0.05, 0.1) is 41.8 Å². The van der Waals surface area contributed by atoms with Crippen LogP contribution < -0.4 is 19.5 Å². The molecular formula is C14H15Cl2F3N4O6S2. The molecule has 0 bridgehead atoms. The van der Waals surface area contributed by atoms with E-state index in [0.29, 0.717) is 6.26 Å². The number of benzene rings is 1. The summed E-state index contributed by atoms with van der Waals surface area (Å²) in [5.41, 5.74) is -1.000. The maximum absolute atomic E-state index is 12.8. The molecule has 1 atom stereocenters. The summed E-state index contributed by atoms with van der Waals surface area (Å²) in [7, 11) is -7.86. The number of rotatable bonds is 7. The van der Waals surface area contributed by atoms with Crippen molar-refractivity contribution in [1.29, 1.82) is 0 Å². The standard InChI is InChI=1S/C14H15Cl2F3N4O6S2/c1-28-12-13(29-2)22-10-7(21-12)4-6(15)9(16)11(10)23(30(3,24)25)8(20)5-31(26,27)14(17,18)19/h4,8H,5,20H2,1-3H3. The van der Waals surface area contributed by atoms with Crippen LogP contribution >= 0.6 is 23.2 Å². The first kappa shape index (κ1) is 25.5. The summed E-state index contributed by atoms with van der Waals surface area (Å²) >= 11 is 12.2. The summed E-state index contributed by atoms with van der Waals surface area (Å²) in [4.78, 5) is 8.09. The van der Waals surface area contributed by atoms with Gasteiger partial charge in [0.25, 0.3) is 21.6 Å². The van der Waals surface area contributed by atoms with Gasteiger partial charge in [0.2, 0.25) is 10.0 Å². The van der Waals surface area contributed by atoms with E-state index in [9.17, 15) is 30.0 Å². The minimum atomic E-state index is -5.80. The van der Waals surface area contributed by atoms with Crippen LogP contribution in [0.5, 0.6) is 11.8 Å². The lowest BCUT2D eigenvalue weighted by Crippen LogP contribution is -2.51. The number of ether oxygens (including phenoxy) is 2. The third-order valence-electron chi connectivity index (χ3n) is 3.77. The molecule has 174 valence electrons. The Morgan fingerprint density at radius 2 is 1.65 bits per heavy atom. The van der Waals surface area contributed by atoms with Gasteiger partial charge in [-0.1, -0.05) is 23.2 Å². The van der Waals surface area contributed by atoms with Crippen molar-refractivity contribution >= 4 is 59.8 Å². The Hall–Kier alpha value is -1.81. The molecule has 2 N–H and O–H groups in total. The zero-order valence-electron chi connectivity index (χ0n) is 15.9. The van der Waals surface area contributed by atoms with Crippen LogP contribution in [-0.2, 0) is 19.9 Å². The second-order valence-electron chi connectivity index (χ2n) is 5.98. The van der Waals surface area contributed by atoms with Crippen molar-refractivity contribution in [2.24, 2.45) is 5.73 Å². The maximum atomic E-state index is 12.8. The van der Waals surface area contributed by atoms with Crippen LogP contribution in [0.25, 0.3) is 11.0 Å². The van der Waals surface area contributed by atoms with E-state index in [1.54, 1.807) is 0 Å². The van der Waals surface area contributed by atoms with Crippen LogP contribution in [-0.4, -0.2) is 64.7 Å².